The molecule has 0 fully saturated rings. The molecule has 0 radical (unpaired) electrons. The lowest BCUT2D eigenvalue weighted by Gasteiger charge is -2.15. The second-order valence-electron chi connectivity index (χ2n) is 6.29. The van der Waals surface area contributed by atoms with Crippen LogP contribution in [0.4, 0.5) is 11.5 Å². The lowest BCUT2D eigenvalue weighted by molar-refractivity contribution is 0.102. The minimum absolute atomic E-state index is 0.207. The van der Waals surface area contributed by atoms with Crippen LogP contribution in [0.15, 0.2) is 71.3 Å². The summed E-state index contributed by atoms with van der Waals surface area (Å²) in [6.45, 7) is 0. The summed E-state index contributed by atoms with van der Waals surface area (Å²) in [5, 5.41) is 2.90. The van der Waals surface area contributed by atoms with Crippen LogP contribution >= 0.6 is 0 Å². The summed E-state index contributed by atoms with van der Waals surface area (Å²) in [4.78, 5) is 23.2. The van der Waals surface area contributed by atoms with Gasteiger partial charge in [0.2, 0.25) is 5.89 Å². The number of amides is 1. The first-order valence-corrected chi connectivity index (χ1v) is 8.51. The van der Waals surface area contributed by atoms with Crippen LogP contribution in [0, 0.1) is 0 Å². The van der Waals surface area contributed by atoms with Crippen molar-refractivity contribution in [1.82, 2.24) is 9.97 Å². The number of rotatable bonds is 4. The normalized spacial score (nSPS) is 10.7. The molecule has 27 heavy (non-hydrogen) atoms. The van der Waals surface area contributed by atoms with Crippen molar-refractivity contribution in [2.75, 3.05) is 24.3 Å². The standard InChI is InChI=1S/C21H18N4O2/c1-25(2)19-16(6-5-13-22-19)20(26)23-15-11-9-14(10-12-15)21-24-17-7-3-4-8-18(17)27-21/h3-13H,1-2H3,(H,23,26). The van der Waals surface area contributed by atoms with E-state index in [0.29, 0.717) is 23.0 Å². The van der Waals surface area contributed by atoms with Gasteiger partial charge in [0.25, 0.3) is 5.91 Å². The van der Waals surface area contributed by atoms with Crippen molar-refractivity contribution in [3.05, 3.63) is 72.4 Å². The second kappa shape index (κ2) is 6.92. The number of carbonyl (C=O) groups is 1. The molecule has 0 aliphatic carbocycles. The number of hydrogen-bond donors (Lipinski definition) is 1. The molecule has 0 atom stereocenters. The molecule has 6 heteroatoms. The van der Waals surface area contributed by atoms with Gasteiger partial charge in [0.15, 0.2) is 5.58 Å². The van der Waals surface area contributed by atoms with Gasteiger partial charge in [-0.2, -0.15) is 0 Å². The van der Waals surface area contributed by atoms with E-state index in [0.717, 1.165) is 16.7 Å². The second-order valence-corrected chi connectivity index (χ2v) is 6.29. The molecule has 0 unspecified atom stereocenters. The number of fused-ring (bicyclic) bond motifs is 1. The van der Waals surface area contributed by atoms with Crippen molar-refractivity contribution in [2.45, 2.75) is 0 Å². The summed E-state index contributed by atoms with van der Waals surface area (Å²) >= 11 is 0. The highest BCUT2D eigenvalue weighted by Crippen LogP contribution is 2.25. The molecule has 2 heterocycles. The van der Waals surface area contributed by atoms with E-state index in [4.69, 9.17) is 4.42 Å². The Morgan fingerprint density at radius 1 is 1.00 bits per heavy atom. The third-order valence-corrected chi connectivity index (χ3v) is 4.14. The molecule has 134 valence electrons. The summed E-state index contributed by atoms with van der Waals surface area (Å²) in [6, 6.07) is 18.5. The van der Waals surface area contributed by atoms with Crippen LogP contribution in [0.5, 0.6) is 0 Å². The Morgan fingerprint density at radius 3 is 2.52 bits per heavy atom. The van der Waals surface area contributed by atoms with Gasteiger partial charge in [-0.25, -0.2) is 9.97 Å². The van der Waals surface area contributed by atoms with Crippen molar-refractivity contribution in [2.24, 2.45) is 0 Å². The Bertz CT molecular complexity index is 1070. The molecule has 0 saturated heterocycles. The Kier molecular flexibility index (Phi) is 4.30. The lowest BCUT2D eigenvalue weighted by Crippen LogP contribution is -2.19. The van der Waals surface area contributed by atoms with Crippen molar-refractivity contribution in [1.29, 1.82) is 0 Å². The van der Waals surface area contributed by atoms with Gasteiger partial charge in [-0.05, 0) is 48.5 Å². The maximum Gasteiger partial charge on any atom is 0.259 e. The first-order chi connectivity index (χ1) is 13.1. The first kappa shape index (κ1) is 16.8. The fourth-order valence-corrected chi connectivity index (χ4v) is 2.82. The van der Waals surface area contributed by atoms with E-state index in [1.165, 1.54) is 0 Å². The van der Waals surface area contributed by atoms with E-state index in [9.17, 15) is 4.79 Å². The Morgan fingerprint density at radius 2 is 1.78 bits per heavy atom. The largest absolute Gasteiger partial charge is 0.436 e. The summed E-state index contributed by atoms with van der Waals surface area (Å²) < 4.78 is 5.77. The monoisotopic (exact) mass is 358 g/mol. The fraction of sp³-hybridized carbons (Fsp3) is 0.0952. The van der Waals surface area contributed by atoms with Crippen LogP contribution in [0.1, 0.15) is 10.4 Å². The molecule has 1 N–H and O–H groups in total. The topological polar surface area (TPSA) is 71.3 Å². The number of pyridine rings is 1. The maximum absolute atomic E-state index is 12.6. The number of hydrogen-bond acceptors (Lipinski definition) is 5. The van der Waals surface area contributed by atoms with Crippen LogP contribution in [0.25, 0.3) is 22.6 Å². The molecule has 0 aliphatic heterocycles. The van der Waals surface area contributed by atoms with Crippen LogP contribution < -0.4 is 10.2 Å². The van der Waals surface area contributed by atoms with Gasteiger partial charge in [0.1, 0.15) is 11.3 Å². The van der Waals surface area contributed by atoms with Gasteiger partial charge in [-0.3, -0.25) is 4.79 Å². The minimum atomic E-state index is -0.207. The molecule has 0 bridgehead atoms. The van der Waals surface area contributed by atoms with Crippen molar-refractivity contribution >= 4 is 28.5 Å². The number of oxazole rings is 1. The van der Waals surface area contributed by atoms with E-state index in [1.54, 1.807) is 18.3 Å². The summed E-state index contributed by atoms with van der Waals surface area (Å²) in [5.41, 5.74) is 3.62. The number of nitrogens with one attached hydrogen (secondary N) is 1. The number of benzene rings is 2. The van der Waals surface area contributed by atoms with Crippen molar-refractivity contribution in [3.63, 3.8) is 0 Å². The number of anilines is 2. The Balaban J connectivity index is 1.55. The zero-order valence-electron chi connectivity index (χ0n) is 15.0. The number of para-hydroxylation sites is 2. The molecule has 1 amide bonds. The quantitative estimate of drug-likeness (QED) is 0.592. The van der Waals surface area contributed by atoms with E-state index in [-0.39, 0.29) is 5.91 Å². The van der Waals surface area contributed by atoms with E-state index >= 15 is 0 Å². The average molecular weight is 358 g/mol. The van der Waals surface area contributed by atoms with Crippen LogP contribution in [0.3, 0.4) is 0 Å². The average Bonchev–Trinajstić information content (AvgIpc) is 3.12. The smallest absolute Gasteiger partial charge is 0.259 e. The number of nitrogens with zero attached hydrogens (tertiary/aromatic N) is 3. The molecule has 0 saturated carbocycles. The lowest BCUT2D eigenvalue weighted by atomic mass is 10.2. The van der Waals surface area contributed by atoms with Crippen LogP contribution in [-0.4, -0.2) is 30.0 Å². The fourth-order valence-electron chi connectivity index (χ4n) is 2.82. The van der Waals surface area contributed by atoms with Crippen molar-refractivity contribution < 1.29 is 9.21 Å². The third kappa shape index (κ3) is 3.37. The van der Waals surface area contributed by atoms with Gasteiger partial charge < -0.3 is 14.6 Å². The Hall–Kier alpha value is -3.67. The minimum Gasteiger partial charge on any atom is -0.436 e. The first-order valence-electron chi connectivity index (χ1n) is 8.51. The van der Waals surface area contributed by atoms with Gasteiger partial charge in [0.05, 0.1) is 5.56 Å². The highest BCUT2D eigenvalue weighted by Gasteiger charge is 2.14. The highest BCUT2D eigenvalue weighted by atomic mass is 16.3. The molecule has 2 aromatic carbocycles. The molecule has 2 aromatic heterocycles. The maximum atomic E-state index is 12.6. The molecule has 4 rings (SSSR count). The highest BCUT2D eigenvalue weighted by molar-refractivity contribution is 6.07. The molecule has 0 spiro atoms. The summed E-state index contributed by atoms with van der Waals surface area (Å²) in [5.74, 6) is 0.968. The van der Waals surface area contributed by atoms with Crippen LogP contribution in [0.2, 0.25) is 0 Å². The molecule has 0 aliphatic rings. The molecule has 6 nitrogen and oxygen atoms in total. The summed E-state index contributed by atoms with van der Waals surface area (Å²) in [7, 11) is 3.71. The third-order valence-electron chi connectivity index (χ3n) is 4.14. The van der Waals surface area contributed by atoms with Crippen LogP contribution in [-0.2, 0) is 0 Å². The van der Waals surface area contributed by atoms with E-state index in [1.807, 2.05) is 67.5 Å². The summed E-state index contributed by atoms with van der Waals surface area (Å²) in [6.07, 6.45) is 1.67. The molecular weight excluding hydrogens is 340 g/mol. The van der Waals surface area contributed by atoms with Gasteiger partial charge in [0, 0.05) is 31.5 Å². The number of carbonyl (C=O) groups excluding carboxylic acids is 1. The zero-order valence-corrected chi connectivity index (χ0v) is 15.0. The zero-order chi connectivity index (χ0) is 18.8. The van der Waals surface area contributed by atoms with E-state index in [2.05, 4.69) is 15.3 Å². The SMILES string of the molecule is CN(C)c1ncccc1C(=O)Nc1ccc(-c2nc3ccccc3o2)cc1. The predicted octanol–water partition coefficient (Wildman–Crippen LogP) is 4.21. The van der Waals surface area contributed by atoms with Gasteiger partial charge in [-0.1, -0.05) is 12.1 Å². The predicted molar refractivity (Wildman–Crippen MR) is 106 cm³/mol. The molecule has 4 aromatic rings. The molecular formula is C21H18N4O2. The van der Waals surface area contributed by atoms with Gasteiger partial charge >= 0.3 is 0 Å². The Labute approximate surface area is 156 Å². The van der Waals surface area contributed by atoms with Crippen molar-refractivity contribution in [3.8, 4) is 11.5 Å². The number of aromatic nitrogens is 2. The van der Waals surface area contributed by atoms with E-state index < -0.39 is 0 Å². The van der Waals surface area contributed by atoms with Gasteiger partial charge in [-0.15, -0.1) is 0 Å².